The quantitative estimate of drug-likeness (QED) is 0.930. The van der Waals surface area contributed by atoms with E-state index in [0.29, 0.717) is 6.54 Å². The van der Waals surface area contributed by atoms with Crippen molar-refractivity contribution in [3.63, 3.8) is 0 Å². The van der Waals surface area contributed by atoms with Crippen LogP contribution in [0.1, 0.15) is 41.5 Å². The average Bonchev–Trinajstić information content (AvgIpc) is 3.17. The molecular formula is C15H22N2O2S. The van der Waals surface area contributed by atoms with E-state index in [0.717, 1.165) is 32.2 Å². The van der Waals surface area contributed by atoms with E-state index >= 15 is 0 Å². The van der Waals surface area contributed by atoms with Gasteiger partial charge in [-0.3, -0.25) is 4.79 Å². The number of rotatable bonds is 3. The second-order valence-corrected chi connectivity index (χ2v) is 7.02. The van der Waals surface area contributed by atoms with Crippen molar-refractivity contribution in [1.82, 2.24) is 4.90 Å². The predicted molar refractivity (Wildman–Crippen MR) is 79.7 cm³/mol. The second kappa shape index (κ2) is 5.84. The maximum Gasteiger partial charge on any atom is 0.252 e. The third-order valence-corrected chi connectivity index (χ3v) is 5.37. The van der Waals surface area contributed by atoms with E-state index in [9.17, 15) is 4.79 Å². The van der Waals surface area contributed by atoms with Gasteiger partial charge in [0.1, 0.15) is 6.10 Å². The number of carbonyl (C=O) groups is 1. The maximum absolute atomic E-state index is 12.7. The summed E-state index contributed by atoms with van der Waals surface area (Å²) in [6, 6.07) is 4.55. The highest BCUT2D eigenvalue weighted by atomic mass is 32.1. The minimum Gasteiger partial charge on any atom is -0.364 e. The van der Waals surface area contributed by atoms with Crippen molar-refractivity contribution in [2.24, 2.45) is 5.73 Å². The van der Waals surface area contributed by atoms with Gasteiger partial charge in [0.15, 0.2) is 0 Å². The maximum atomic E-state index is 12.7. The van der Waals surface area contributed by atoms with Gasteiger partial charge in [-0.1, -0.05) is 0 Å². The third kappa shape index (κ3) is 2.62. The molecule has 1 aromatic heterocycles. The highest BCUT2D eigenvalue weighted by Crippen LogP contribution is 2.37. The zero-order chi connectivity index (χ0) is 14.1. The van der Waals surface area contributed by atoms with Gasteiger partial charge in [0.25, 0.3) is 5.91 Å². The lowest BCUT2D eigenvalue weighted by molar-refractivity contribution is -0.143. The zero-order valence-corrected chi connectivity index (χ0v) is 12.7. The summed E-state index contributed by atoms with van der Waals surface area (Å²) in [5.74, 6) is 0.162. The molecule has 4 nitrogen and oxygen atoms in total. The van der Waals surface area contributed by atoms with E-state index in [-0.39, 0.29) is 24.2 Å². The molecule has 3 rings (SSSR count). The van der Waals surface area contributed by atoms with E-state index < -0.39 is 0 Å². The third-order valence-electron chi connectivity index (χ3n) is 4.27. The molecule has 3 atom stereocenters. The Bertz CT molecular complexity index is 488. The summed E-state index contributed by atoms with van der Waals surface area (Å²) >= 11 is 1.80. The first-order valence-corrected chi connectivity index (χ1v) is 8.23. The Morgan fingerprint density at radius 2 is 2.30 bits per heavy atom. The van der Waals surface area contributed by atoms with Gasteiger partial charge in [0.2, 0.25) is 0 Å². The Hall–Kier alpha value is -0.910. The smallest absolute Gasteiger partial charge is 0.252 e. The molecule has 0 bridgehead atoms. The Morgan fingerprint density at radius 3 is 2.95 bits per heavy atom. The summed E-state index contributed by atoms with van der Waals surface area (Å²) in [6.07, 6.45) is 3.66. The van der Waals surface area contributed by atoms with E-state index in [2.05, 4.69) is 19.1 Å². The molecule has 2 aliphatic heterocycles. The van der Waals surface area contributed by atoms with Crippen LogP contribution in [0, 0.1) is 6.92 Å². The number of amides is 1. The highest BCUT2D eigenvalue weighted by molar-refractivity contribution is 7.12. The fraction of sp³-hybridized carbons (Fsp3) is 0.667. The van der Waals surface area contributed by atoms with Gasteiger partial charge in [-0.2, -0.15) is 0 Å². The Kier molecular flexibility index (Phi) is 4.10. The predicted octanol–water partition coefficient (Wildman–Crippen LogP) is 2.23. The van der Waals surface area contributed by atoms with Gasteiger partial charge in [-0.05, 0) is 44.7 Å². The first kappa shape index (κ1) is 14.0. The molecule has 0 radical (unpaired) electrons. The van der Waals surface area contributed by atoms with Gasteiger partial charge >= 0.3 is 0 Å². The van der Waals surface area contributed by atoms with Gasteiger partial charge < -0.3 is 15.4 Å². The SMILES string of the molecule is Cc1ccc(C2CCCN2C(=O)[C@@H]2CC[C@H](CN)O2)s1. The van der Waals surface area contributed by atoms with Crippen LogP contribution in [0.3, 0.4) is 0 Å². The van der Waals surface area contributed by atoms with Crippen LogP contribution in [0.5, 0.6) is 0 Å². The lowest BCUT2D eigenvalue weighted by Crippen LogP contribution is -2.39. The van der Waals surface area contributed by atoms with Gasteiger partial charge in [0, 0.05) is 22.8 Å². The zero-order valence-electron chi connectivity index (χ0n) is 11.9. The fourth-order valence-electron chi connectivity index (χ4n) is 3.20. The molecule has 2 N–H and O–H groups in total. The largest absolute Gasteiger partial charge is 0.364 e. The summed E-state index contributed by atoms with van der Waals surface area (Å²) in [6.45, 7) is 3.48. The summed E-state index contributed by atoms with van der Waals surface area (Å²) in [5, 5.41) is 0. The van der Waals surface area contributed by atoms with Crippen LogP contribution in [0.25, 0.3) is 0 Å². The fourth-order valence-corrected chi connectivity index (χ4v) is 4.23. The number of thiophene rings is 1. The summed E-state index contributed by atoms with van der Waals surface area (Å²) in [5.41, 5.74) is 5.62. The number of hydrogen-bond acceptors (Lipinski definition) is 4. The molecular weight excluding hydrogens is 272 g/mol. The Morgan fingerprint density at radius 1 is 1.45 bits per heavy atom. The van der Waals surface area contributed by atoms with Crippen LogP contribution in [0.15, 0.2) is 12.1 Å². The molecule has 0 spiro atoms. The monoisotopic (exact) mass is 294 g/mol. The standard InChI is InChI=1S/C15H22N2O2S/c1-10-4-7-14(20-10)12-3-2-8-17(12)15(18)13-6-5-11(9-16)19-13/h4,7,11-13H,2-3,5-6,8-9,16H2,1H3/t11-,12?,13+/m1/s1. The number of carbonyl (C=O) groups excluding carboxylic acids is 1. The number of nitrogens with two attached hydrogens (primary N) is 1. The van der Waals surface area contributed by atoms with Gasteiger partial charge in [-0.15, -0.1) is 11.3 Å². The van der Waals surface area contributed by atoms with Crippen molar-refractivity contribution in [3.8, 4) is 0 Å². The summed E-state index contributed by atoms with van der Waals surface area (Å²) < 4.78 is 5.76. The molecule has 5 heteroatoms. The molecule has 0 saturated carbocycles. The molecule has 1 unspecified atom stereocenters. The van der Waals surface area contributed by atoms with Crippen LogP contribution in [-0.4, -0.2) is 36.1 Å². The molecule has 3 heterocycles. The van der Waals surface area contributed by atoms with E-state index in [4.69, 9.17) is 10.5 Å². The van der Waals surface area contributed by atoms with Gasteiger partial charge in [-0.25, -0.2) is 0 Å². The molecule has 0 aliphatic carbocycles. The van der Waals surface area contributed by atoms with Crippen LogP contribution in [-0.2, 0) is 9.53 Å². The van der Waals surface area contributed by atoms with Crippen molar-refractivity contribution in [2.75, 3.05) is 13.1 Å². The normalized spacial score (nSPS) is 30.1. The lowest BCUT2D eigenvalue weighted by atomic mass is 10.1. The van der Waals surface area contributed by atoms with Crippen molar-refractivity contribution in [1.29, 1.82) is 0 Å². The number of aryl methyl sites for hydroxylation is 1. The van der Waals surface area contributed by atoms with Crippen LogP contribution < -0.4 is 5.73 Å². The number of ether oxygens (including phenoxy) is 1. The minimum atomic E-state index is -0.273. The minimum absolute atomic E-state index is 0.0639. The second-order valence-electron chi connectivity index (χ2n) is 5.70. The lowest BCUT2D eigenvalue weighted by Gasteiger charge is -2.26. The van der Waals surface area contributed by atoms with Crippen molar-refractivity contribution in [2.45, 2.75) is 50.9 Å². The molecule has 2 saturated heterocycles. The number of nitrogens with zero attached hydrogens (tertiary/aromatic N) is 1. The number of likely N-dealkylation sites (tertiary alicyclic amines) is 1. The molecule has 1 amide bonds. The van der Waals surface area contributed by atoms with Gasteiger partial charge in [0.05, 0.1) is 12.1 Å². The average molecular weight is 294 g/mol. The highest BCUT2D eigenvalue weighted by Gasteiger charge is 2.38. The topological polar surface area (TPSA) is 55.6 Å². The Balaban J connectivity index is 1.71. The van der Waals surface area contributed by atoms with Crippen LogP contribution in [0.2, 0.25) is 0 Å². The molecule has 2 fully saturated rings. The van der Waals surface area contributed by atoms with E-state index in [1.807, 2.05) is 4.90 Å². The first-order valence-electron chi connectivity index (χ1n) is 7.41. The molecule has 20 heavy (non-hydrogen) atoms. The van der Waals surface area contributed by atoms with Crippen molar-refractivity contribution < 1.29 is 9.53 Å². The molecule has 0 aromatic carbocycles. The van der Waals surface area contributed by atoms with E-state index in [1.54, 1.807) is 11.3 Å². The summed E-state index contributed by atoms with van der Waals surface area (Å²) in [4.78, 5) is 17.3. The molecule has 2 aliphatic rings. The van der Waals surface area contributed by atoms with E-state index in [1.165, 1.54) is 9.75 Å². The Labute approximate surface area is 123 Å². The number of hydrogen-bond donors (Lipinski definition) is 1. The first-order chi connectivity index (χ1) is 9.69. The van der Waals surface area contributed by atoms with Crippen LogP contribution in [0.4, 0.5) is 0 Å². The van der Waals surface area contributed by atoms with Crippen LogP contribution >= 0.6 is 11.3 Å². The summed E-state index contributed by atoms with van der Waals surface area (Å²) in [7, 11) is 0. The molecule has 110 valence electrons. The van der Waals surface area contributed by atoms with Crippen molar-refractivity contribution in [3.05, 3.63) is 21.9 Å². The van der Waals surface area contributed by atoms with Crippen molar-refractivity contribution >= 4 is 17.2 Å². The molecule has 1 aromatic rings.